The van der Waals surface area contributed by atoms with Crippen LogP contribution in [0, 0.1) is 12.8 Å². The Bertz CT molecular complexity index is 1490. The summed E-state index contributed by atoms with van der Waals surface area (Å²) in [4.78, 5) is 5.30. The molecule has 0 saturated carbocycles. The van der Waals surface area contributed by atoms with Crippen LogP contribution in [0.2, 0.25) is 0 Å². The minimum atomic E-state index is -0.246. The van der Waals surface area contributed by atoms with Crippen LogP contribution in [0.1, 0.15) is 48.2 Å². The molecule has 0 amide bonds. The van der Waals surface area contributed by atoms with Crippen LogP contribution < -0.4 is 4.57 Å². The number of methoxy groups -OCH3 is 1. The molecular weight excluding hydrogens is 420 g/mol. The van der Waals surface area contributed by atoms with Gasteiger partial charge in [-0.25, -0.2) is 0 Å². The van der Waals surface area contributed by atoms with Gasteiger partial charge in [0.2, 0.25) is 5.69 Å². The number of aliphatic hydroxyl groups is 1. The van der Waals surface area contributed by atoms with Crippen LogP contribution in [-0.2, 0) is 10.2 Å². The first-order valence-electron chi connectivity index (χ1n) is 12.1. The molecule has 4 heteroatoms. The van der Waals surface area contributed by atoms with E-state index in [1.807, 2.05) is 6.08 Å². The van der Waals surface area contributed by atoms with Gasteiger partial charge in [0, 0.05) is 24.0 Å². The number of hydrogen-bond donors (Lipinski definition) is 1. The summed E-state index contributed by atoms with van der Waals surface area (Å²) >= 11 is 0. The normalized spacial score (nSPS) is 20.5. The van der Waals surface area contributed by atoms with Gasteiger partial charge in [-0.3, -0.25) is 4.98 Å². The number of benzene rings is 2. The van der Waals surface area contributed by atoms with Crippen molar-refractivity contribution in [2.45, 2.75) is 38.1 Å². The Balaban J connectivity index is 1.88. The first kappa shape index (κ1) is 21.5. The van der Waals surface area contributed by atoms with E-state index >= 15 is 0 Å². The Morgan fingerprint density at radius 2 is 2.03 bits per heavy atom. The van der Waals surface area contributed by atoms with Crippen molar-refractivity contribution in [3.05, 3.63) is 83.7 Å². The topological polar surface area (TPSA) is 46.2 Å². The van der Waals surface area contributed by atoms with E-state index < -0.39 is 0 Å². The van der Waals surface area contributed by atoms with Crippen molar-refractivity contribution >= 4 is 21.7 Å². The van der Waals surface area contributed by atoms with Crippen LogP contribution in [0.25, 0.3) is 32.9 Å². The number of aliphatic hydroxyl groups excluding tert-OH is 1. The molecule has 0 bridgehead atoms. The van der Waals surface area contributed by atoms with Crippen molar-refractivity contribution < 1.29 is 14.4 Å². The number of ether oxygens (including phenoxy) is 1. The maximum Gasteiger partial charge on any atom is 0.223 e. The SMILES string of the molecule is C=CC(CO)C1C(COC)c2c3c(nc4ccccc24)C(C)(C)c2cc(C)cc4cc[n+]1c-3c24. The predicted molar refractivity (Wildman–Crippen MR) is 136 cm³/mol. The average Bonchev–Trinajstić information content (AvgIpc) is 2.83. The zero-order valence-electron chi connectivity index (χ0n) is 20.3. The Morgan fingerprint density at radius 1 is 1.24 bits per heavy atom. The first-order valence-corrected chi connectivity index (χ1v) is 12.1. The summed E-state index contributed by atoms with van der Waals surface area (Å²) in [6.45, 7) is 11.5. The molecule has 3 unspecified atom stereocenters. The van der Waals surface area contributed by atoms with Gasteiger partial charge in [-0.1, -0.05) is 55.8 Å². The van der Waals surface area contributed by atoms with Crippen molar-refractivity contribution in [1.29, 1.82) is 0 Å². The smallest absolute Gasteiger partial charge is 0.223 e. The molecular formula is C30H31N2O2+. The second-order valence-corrected chi connectivity index (χ2v) is 10.4. The number of hydrogen-bond acceptors (Lipinski definition) is 3. The molecule has 2 aromatic heterocycles. The van der Waals surface area contributed by atoms with E-state index in [1.165, 1.54) is 44.1 Å². The molecule has 4 nitrogen and oxygen atoms in total. The molecule has 0 fully saturated rings. The molecule has 0 spiro atoms. The number of rotatable bonds is 5. The van der Waals surface area contributed by atoms with E-state index in [1.54, 1.807) is 7.11 Å². The lowest BCUT2D eigenvalue weighted by Gasteiger charge is -2.40. The van der Waals surface area contributed by atoms with Crippen LogP contribution >= 0.6 is 0 Å². The number of aromatic nitrogens is 2. The van der Waals surface area contributed by atoms with Gasteiger partial charge in [0.15, 0.2) is 12.2 Å². The number of aryl methyl sites for hydroxylation is 1. The van der Waals surface area contributed by atoms with E-state index in [0.717, 1.165) is 11.2 Å². The highest BCUT2D eigenvalue weighted by molar-refractivity contribution is 6.04. The molecule has 2 aromatic carbocycles. The third kappa shape index (κ3) is 2.67. The number of fused-ring (bicyclic) bond motifs is 2. The fraction of sp³-hybridized carbons (Fsp3) is 0.333. The van der Waals surface area contributed by atoms with E-state index in [2.05, 4.69) is 80.6 Å². The largest absolute Gasteiger partial charge is 0.395 e. The van der Waals surface area contributed by atoms with Crippen LogP contribution in [0.15, 0.2) is 61.3 Å². The third-order valence-corrected chi connectivity index (χ3v) is 8.06. The quantitative estimate of drug-likeness (QED) is 0.328. The number of para-hydroxylation sites is 1. The standard InChI is InChI=1S/C30H31N2O2/c1-6-18(15-33)27-21(16-34-5)25-20-9-7-8-10-23(20)31-29-26(25)28-24-19(11-12-32(27)28)13-17(2)14-22(24)30(29,3)4/h6-14,18,21,27,33H,1,15-16H2,2-5H3/q+1. The van der Waals surface area contributed by atoms with Crippen molar-refractivity contribution in [3.8, 4) is 11.3 Å². The van der Waals surface area contributed by atoms with E-state index in [0.29, 0.717) is 6.61 Å². The second kappa shape index (κ2) is 7.46. The zero-order chi connectivity index (χ0) is 23.8. The fourth-order valence-electron chi connectivity index (χ4n) is 6.56. The van der Waals surface area contributed by atoms with E-state index in [4.69, 9.17) is 9.72 Å². The molecule has 0 saturated heterocycles. The van der Waals surface area contributed by atoms with Gasteiger partial charge in [-0.2, -0.15) is 4.57 Å². The highest BCUT2D eigenvalue weighted by atomic mass is 16.5. The maximum absolute atomic E-state index is 10.4. The Morgan fingerprint density at radius 3 is 2.76 bits per heavy atom. The Kier molecular flexibility index (Phi) is 4.71. The summed E-state index contributed by atoms with van der Waals surface area (Å²) in [6.07, 6.45) is 4.09. The van der Waals surface area contributed by atoms with Gasteiger partial charge in [-0.15, -0.1) is 6.58 Å². The van der Waals surface area contributed by atoms with E-state index in [-0.39, 0.29) is 29.9 Å². The minimum Gasteiger partial charge on any atom is -0.395 e. The van der Waals surface area contributed by atoms with Crippen molar-refractivity contribution in [2.75, 3.05) is 20.3 Å². The highest BCUT2D eigenvalue weighted by Gasteiger charge is 2.51. The summed E-state index contributed by atoms with van der Waals surface area (Å²) in [6, 6.07) is 15.3. The fourth-order valence-corrected chi connectivity index (χ4v) is 6.56. The van der Waals surface area contributed by atoms with Crippen LogP contribution in [0.5, 0.6) is 0 Å². The maximum atomic E-state index is 10.4. The Labute approximate surface area is 200 Å². The second-order valence-electron chi connectivity index (χ2n) is 10.4. The monoisotopic (exact) mass is 451 g/mol. The molecule has 4 aromatic rings. The van der Waals surface area contributed by atoms with Gasteiger partial charge >= 0.3 is 0 Å². The summed E-state index contributed by atoms with van der Waals surface area (Å²) in [5, 5.41) is 14.1. The van der Waals surface area contributed by atoms with Crippen LogP contribution in [-0.4, -0.2) is 30.4 Å². The summed E-state index contributed by atoms with van der Waals surface area (Å²) in [5.41, 5.74) is 8.21. The summed E-state index contributed by atoms with van der Waals surface area (Å²) in [5.74, 6) is -0.0502. The zero-order valence-corrected chi connectivity index (χ0v) is 20.3. The van der Waals surface area contributed by atoms with Gasteiger partial charge in [0.1, 0.15) is 0 Å². The van der Waals surface area contributed by atoms with Crippen molar-refractivity contribution in [3.63, 3.8) is 0 Å². The molecule has 2 aliphatic rings. The van der Waals surface area contributed by atoms with E-state index in [9.17, 15) is 5.11 Å². The molecule has 6 rings (SSSR count). The molecule has 1 N–H and O–H groups in total. The molecule has 34 heavy (non-hydrogen) atoms. The predicted octanol–water partition coefficient (Wildman–Crippen LogP) is 5.37. The lowest BCUT2D eigenvalue weighted by Crippen LogP contribution is -2.53. The lowest BCUT2D eigenvalue weighted by atomic mass is 9.66. The molecule has 3 heterocycles. The van der Waals surface area contributed by atoms with Crippen LogP contribution in [0.4, 0.5) is 0 Å². The summed E-state index contributed by atoms with van der Waals surface area (Å²) < 4.78 is 8.21. The van der Waals surface area contributed by atoms with Crippen molar-refractivity contribution in [1.82, 2.24) is 4.98 Å². The van der Waals surface area contributed by atoms with Gasteiger partial charge in [-0.05, 0) is 29.5 Å². The van der Waals surface area contributed by atoms with Crippen molar-refractivity contribution in [2.24, 2.45) is 5.92 Å². The van der Waals surface area contributed by atoms with Gasteiger partial charge in [0.05, 0.1) is 47.2 Å². The third-order valence-electron chi connectivity index (χ3n) is 8.06. The average molecular weight is 452 g/mol. The summed E-state index contributed by atoms with van der Waals surface area (Å²) in [7, 11) is 1.76. The Hall–Kier alpha value is -3.08. The first-order chi connectivity index (χ1) is 16.4. The number of pyridine rings is 2. The molecule has 172 valence electrons. The molecule has 0 radical (unpaired) electrons. The van der Waals surface area contributed by atoms with Gasteiger partial charge in [0.25, 0.3) is 0 Å². The molecule has 3 atom stereocenters. The minimum absolute atomic E-state index is 0.0108. The number of nitrogens with zero attached hydrogens (tertiary/aromatic N) is 2. The van der Waals surface area contributed by atoms with Gasteiger partial charge < -0.3 is 9.84 Å². The molecule has 1 aliphatic heterocycles. The van der Waals surface area contributed by atoms with Crippen LogP contribution in [0.3, 0.4) is 0 Å². The highest BCUT2D eigenvalue weighted by Crippen LogP contribution is 2.54. The lowest BCUT2D eigenvalue weighted by molar-refractivity contribution is -0.723. The molecule has 1 aliphatic carbocycles.